The molecule has 0 aliphatic heterocycles. The van der Waals surface area contributed by atoms with Crippen LogP contribution in [0.2, 0.25) is 0 Å². The van der Waals surface area contributed by atoms with Crippen molar-refractivity contribution in [3.05, 3.63) is 119 Å². The third-order valence-electron chi connectivity index (χ3n) is 5.68. The number of benzene rings is 3. The molecule has 0 unspecified atom stereocenters. The second-order valence-electron chi connectivity index (χ2n) is 8.58. The molecule has 1 amide bonds. The number of para-hydroxylation sites is 1. The fraction of sp³-hybridized carbons (Fsp3) is 0.143. The number of rotatable bonds is 9. The average molecular weight is 566 g/mol. The Bertz CT molecular complexity index is 1550. The molecule has 0 fully saturated rings. The number of alkyl halides is 3. The molecule has 2 heterocycles. The Balaban J connectivity index is 1.24. The summed E-state index contributed by atoms with van der Waals surface area (Å²) in [4.78, 5) is 17.7. The summed E-state index contributed by atoms with van der Waals surface area (Å²) in [5.41, 5.74) is 1.83. The van der Waals surface area contributed by atoms with Crippen molar-refractivity contribution in [3.8, 4) is 5.69 Å². The largest absolute Gasteiger partial charge is 0.416 e. The van der Waals surface area contributed by atoms with E-state index in [9.17, 15) is 18.0 Å². The van der Waals surface area contributed by atoms with Crippen LogP contribution in [0.25, 0.3) is 5.69 Å². The third-order valence-corrected chi connectivity index (χ3v) is 7.53. The van der Waals surface area contributed by atoms with Crippen LogP contribution in [0.3, 0.4) is 0 Å². The first-order chi connectivity index (χ1) is 18.8. The van der Waals surface area contributed by atoms with Gasteiger partial charge >= 0.3 is 6.18 Å². The molecule has 0 aliphatic rings. The molecule has 0 atom stereocenters. The van der Waals surface area contributed by atoms with Crippen molar-refractivity contribution in [1.82, 2.24) is 19.7 Å². The molecule has 0 saturated carbocycles. The minimum Gasteiger partial charge on any atom is -0.301 e. The first kappa shape index (κ1) is 26.6. The molecule has 11 heteroatoms. The second kappa shape index (κ2) is 11.8. The maximum atomic E-state index is 13.0. The highest BCUT2D eigenvalue weighted by Gasteiger charge is 2.30. The van der Waals surface area contributed by atoms with Crippen molar-refractivity contribution in [1.29, 1.82) is 0 Å². The molecule has 3 aromatic carbocycles. The lowest BCUT2D eigenvalue weighted by atomic mass is 10.1. The van der Waals surface area contributed by atoms with Crippen molar-refractivity contribution < 1.29 is 18.0 Å². The van der Waals surface area contributed by atoms with Gasteiger partial charge in [-0.1, -0.05) is 78.5 Å². The number of nitrogens with zero attached hydrogens (tertiary/aromatic N) is 4. The van der Waals surface area contributed by atoms with Crippen molar-refractivity contribution in [3.63, 3.8) is 0 Å². The Labute approximate surface area is 231 Å². The average Bonchev–Trinajstić information content (AvgIpc) is 3.54. The normalized spacial score (nSPS) is 11.5. The molecule has 1 N–H and O–H groups in total. The number of thiazole rings is 1. The van der Waals surface area contributed by atoms with Gasteiger partial charge in [-0.15, -0.1) is 21.5 Å². The summed E-state index contributed by atoms with van der Waals surface area (Å²) in [6.07, 6.45) is -1.96. The lowest BCUT2D eigenvalue weighted by molar-refractivity contribution is -0.137. The number of anilines is 1. The van der Waals surface area contributed by atoms with Gasteiger partial charge in [0.25, 0.3) is 0 Å². The van der Waals surface area contributed by atoms with Gasteiger partial charge < -0.3 is 5.32 Å². The van der Waals surface area contributed by atoms with Gasteiger partial charge in [-0.05, 0) is 29.3 Å². The smallest absolute Gasteiger partial charge is 0.301 e. The lowest BCUT2D eigenvalue weighted by Gasteiger charge is -2.10. The number of hydrogen-bond acceptors (Lipinski definition) is 6. The number of hydrogen-bond donors (Lipinski definition) is 1. The molecular formula is C28H22F3N5OS2. The van der Waals surface area contributed by atoms with E-state index in [2.05, 4.69) is 20.5 Å². The molecule has 0 bridgehead atoms. The summed E-state index contributed by atoms with van der Waals surface area (Å²) in [6.45, 7) is 0. The van der Waals surface area contributed by atoms with Crippen LogP contribution in [0, 0.1) is 0 Å². The minimum absolute atomic E-state index is 0.0822. The van der Waals surface area contributed by atoms with Gasteiger partial charge in [-0.3, -0.25) is 9.36 Å². The standard InChI is InChI=1S/C28H22F3N5OS2/c29-28(30,31)21-11-7-10-20(14-21)15-23-17-32-26(39-23)33-25(37)18-38-27-35-34-24(16-19-8-3-1-4-9-19)36(27)22-12-5-2-6-13-22/h1-14,17H,15-16,18H2,(H,32,33,37). The Hall–Kier alpha value is -3.96. The number of halogens is 3. The molecule has 198 valence electrons. The zero-order chi connectivity index (χ0) is 27.2. The van der Waals surface area contributed by atoms with Gasteiger partial charge in [0.15, 0.2) is 10.3 Å². The van der Waals surface area contributed by atoms with Gasteiger partial charge in [0.05, 0.1) is 11.3 Å². The monoisotopic (exact) mass is 565 g/mol. The first-order valence-corrected chi connectivity index (χ1v) is 13.7. The zero-order valence-corrected chi connectivity index (χ0v) is 22.1. The highest BCUT2D eigenvalue weighted by molar-refractivity contribution is 7.99. The van der Waals surface area contributed by atoms with Crippen molar-refractivity contribution in [2.24, 2.45) is 0 Å². The van der Waals surface area contributed by atoms with Gasteiger partial charge in [0.1, 0.15) is 5.82 Å². The maximum Gasteiger partial charge on any atom is 0.416 e. The van der Waals surface area contributed by atoms with Crippen LogP contribution in [0.15, 0.2) is 96.3 Å². The molecule has 39 heavy (non-hydrogen) atoms. The van der Waals surface area contributed by atoms with Crippen LogP contribution in [0.1, 0.15) is 27.4 Å². The second-order valence-corrected chi connectivity index (χ2v) is 10.6. The predicted molar refractivity (Wildman–Crippen MR) is 146 cm³/mol. The summed E-state index contributed by atoms with van der Waals surface area (Å²) in [5, 5.41) is 12.5. The van der Waals surface area contributed by atoms with Crippen LogP contribution in [0.5, 0.6) is 0 Å². The van der Waals surface area contributed by atoms with Crippen LogP contribution >= 0.6 is 23.1 Å². The molecule has 5 aromatic rings. The molecule has 6 nitrogen and oxygen atoms in total. The number of thioether (sulfide) groups is 1. The Kier molecular flexibility index (Phi) is 8.08. The molecule has 0 spiro atoms. The predicted octanol–water partition coefficient (Wildman–Crippen LogP) is 6.66. The van der Waals surface area contributed by atoms with Crippen LogP contribution in [-0.2, 0) is 23.8 Å². The maximum absolute atomic E-state index is 13.0. The summed E-state index contributed by atoms with van der Waals surface area (Å²) >= 11 is 2.49. The van der Waals surface area contributed by atoms with E-state index in [1.807, 2.05) is 65.2 Å². The van der Waals surface area contributed by atoms with Crippen LogP contribution < -0.4 is 5.32 Å². The van der Waals surface area contributed by atoms with Gasteiger partial charge in [0.2, 0.25) is 5.91 Å². The fourth-order valence-corrected chi connectivity index (χ4v) is 5.55. The minimum atomic E-state index is -4.40. The SMILES string of the molecule is O=C(CSc1nnc(Cc2ccccc2)n1-c1ccccc1)Nc1ncc(Cc2cccc(C(F)(F)F)c2)s1. The van der Waals surface area contributed by atoms with E-state index in [0.29, 0.717) is 22.3 Å². The van der Waals surface area contributed by atoms with Gasteiger partial charge in [-0.25, -0.2) is 4.98 Å². The zero-order valence-electron chi connectivity index (χ0n) is 20.4. The van der Waals surface area contributed by atoms with Gasteiger partial charge in [-0.2, -0.15) is 13.2 Å². The molecule has 0 saturated heterocycles. The summed E-state index contributed by atoms with van der Waals surface area (Å²) in [6, 6.07) is 24.9. The Morgan fingerprint density at radius 1 is 0.897 bits per heavy atom. The molecular weight excluding hydrogens is 543 g/mol. The number of amides is 1. The van der Waals surface area contributed by atoms with Crippen LogP contribution in [-0.4, -0.2) is 31.4 Å². The molecule has 5 rings (SSSR count). The first-order valence-electron chi connectivity index (χ1n) is 11.9. The van der Waals surface area contributed by atoms with E-state index < -0.39 is 11.7 Å². The summed E-state index contributed by atoms with van der Waals surface area (Å²) in [7, 11) is 0. The highest BCUT2D eigenvalue weighted by atomic mass is 32.2. The third kappa shape index (κ3) is 6.92. The van der Waals surface area contributed by atoms with Crippen molar-refractivity contribution in [2.75, 3.05) is 11.1 Å². The van der Waals surface area contributed by atoms with E-state index in [1.165, 1.54) is 29.2 Å². The van der Waals surface area contributed by atoms with E-state index >= 15 is 0 Å². The fourth-order valence-electron chi connectivity index (χ4n) is 3.91. The van der Waals surface area contributed by atoms with E-state index in [0.717, 1.165) is 34.1 Å². The summed E-state index contributed by atoms with van der Waals surface area (Å²) < 4.78 is 40.9. The number of aromatic nitrogens is 4. The topological polar surface area (TPSA) is 72.7 Å². The Morgan fingerprint density at radius 2 is 1.62 bits per heavy atom. The van der Waals surface area contributed by atoms with Crippen molar-refractivity contribution in [2.45, 2.75) is 24.2 Å². The van der Waals surface area contributed by atoms with Crippen molar-refractivity contribution >= 4 is 34.1 Å². The van der Waals surface area contributed by atoms with E-state index in [1.54, 1.807) is 12.3 Å². The molecule has 0 aliphatic carbocycles. The highest BCUT2D eigenvalue weighted by Crippen LogP contribution is 2.31. The molecule has 2 aromatic heterocycles. The molecule has 0 radical (unpaired) electrons. The lowest BCUT2D eigenvalue weighted by Crippen LogP contribution is -2.14. The number of carbonyl (C=O) groups is 1. The number of carbonyl (C=O) groups excluding carboxylic acids is 1. The summed E-state index contributed by atoms with van der Waals surface area (Å²) in [5.74, 6) is 0.570. The Morgan fingerprint density at radius 3 is 2.36 bits per heavy atom. The van der Waals surface area contributed by atoms with Gasteiger partial charge in [0, 0.05) is 29.6 Å². The quantitative estimate of drug-likeness (QED) is 0.203. The number of nitrogens with one attached hydrogen (secondary N) is 1. The van der Waals surface area contributed by atoms with E-state index in [4.69, 9.17) is 0 Å². The van der Waals surface area contributed by atoms with Crippen LogP contribution in [0.4, 0.5) is 18.3 Å². The van der Waals surface area contributed by atoms with E-state index in [-0.39, 0.29) is 18.1 Å².